The summed E-state index contributed by atoms with van der Waals surface area (Å²) in [4.78, 5) is 0. The second-order valence-corrected chi connectivity index (χ2v) is 11.6. The second-order valence-electron chi connectivity index (χ2n) is 11.6. The number of aliphatic hydroxyl groups is 2. The average molecular weight is 403 g/mol. The Hall–Kier alpha value is -0.600. The molecule has 0 spiro atoms. The van der Waals surface area contributed by atoms with E-state index in [9.17, 15) is 10.2 Å². The van der Waals surface area contributed by atoms with E-state index in [-0.39, 0.29) is 6.10 Å². The molecule has 0 aromatic heterocycles. The third-order valence-electron chi connectivity index (χ3n) is 8.72. The van der Waals surface area contributed by atoms with Gasteiger partial charge in [0.2, 0.25) is 0 Å². The zero-order valence-electron chi connectivity index (χ0n) is 19.7. The lowest BCUT2D eigenvalue weighted by Crippen LogP contribution is -2.36. The molecule has 0 aliphatic heterocycles. The standard InChI is InChI=1S/C27H46O2/c1-19-10-13-23(28)18-22(19)12-11-21-9-7-17-27(5)24(14-15-25(21)27)20(2)8-6-16-26(3,4)29/h11-12,19-20,23-25,28-29H,6-10,13-18H2,1-5H3/b21-11+,22-12-/t19?,20-,23+,24-,25+,27-/m1/s1. The van der Waals surface area contributed by atoms with Gasteiger partial charge in [0.15, 0.2) is 0 Å². The van der Waals surface area contributed by atoms with Gasteiger partial charge in [0, 0.05) is 0 Å². The van der Waals surface area contributed by atoms with Crippen molar-refractivity contribution in [3.05, 3.63) is 23.3 Å². The van der Waals surface area contributed by atoms with Crippen LogP contribution < -0.4 is 0 Å². The molecule has 166 valence electrons. The number of rotatable bonds is 6. The van der Waals surface area contributed by atoms with Crippen LogP contribution in [0, 0.1) is 29.1 Å². The van der Waals surface area contributed by atoms with Crippen LogP contribution >= 0.6 is 0 Å². The van der Waals surface area contributed by atoms with E-state index in [0.29, 0.717) is 11.3 Å². The molecule has 3 aliphatic rings. The molecule has 0 saturated heterocycles. The summed E-state index contributed by atoms with van der Waals surface area (Å²) in [6.07, 6.45) is 17.7. The number of allylic oxidation sites excluding steroid dienone is 3. The van der Waals surface area contributed by atoms with Gasteiger partial charge < -0.3 is 10.2 Å². The van der Waals surface area contributed by atoms with Crippen molar-refractivity contribution in [1.82, 2.24) is 0 Å². The van der Waals surface area contributed by atoms with Gasteiger partial charge in [-0.1, -0.05) is 56.9 Å². The fraction of sp³-hybridized carbons (Fsp3) is 0.852. The van der Waals surface area contributed by atoms with Gasteiger partial charge in [-0.15, -0.1) is 0 Å². The first-order valence-electron chi connectivity index (χ1n) is 12.4. The van der Waals surface area contributed by atoms with Crippen molar-refractivity contribution < 1.29 is 10.2 Å². The molecule has 2 N–H and O–H groups in total. The summed E-state index contributed by atoms with van der Waals surface area (Å²) in [7, 11) is 0. The highest BCUT2D eigenvalue weighted by atomic mass is 16.3. The smallest absolute Gasteiger partial charge is 0.0591 e. The Kier molecular flexibility index (Phi) is 7.37. The maximum absolute atomic E-state index is 10.1. The normalized spacial score (nSPS) is 39.7. The van der Waals surface area contributed by atoms with Crippen molar-refractivity contribution in [2.45, 2.75) is 117 Å². The molecule has 0 aromatic carbocycles. The van der Waals surface area contributed by atoms with Crippen molar-refractivity contribution in [1.29, 1.82) is 0 Å². The molecule has 3 aliphatic carbocycles. The quantitative estimate of drug-likeness (QED) is 0.512. The summed E-state index contributed by atoms with van der Waals surface area (Å²) in [6, 6.07) is 0. The number of hydrogen-bond acceptors (Lipinski definition) is 2. The number of aliphatic hydroxyl groups excluding tert-OH is 1. The van der Waals surface area contributed by atoms with E-state index < -0.39 is 5.60 Å². The summed E-state index contributed by atoms with van der Waals surface area (Å²) in [5, 5.41) is 20.1. The minimum Gasteiger partial charge on any atom is -0.393 e. The molecular formula is C27H46O2. The topological polar surface area (TPSA) is 40.5 Å². The van der Waals surface area contributed by atoms with Crippen molar-refractivity contribution in [2.75, 3.05) is 0 Å². The van der Waals surface area contributed by atoms with Crippen molar-refractivity contribution in [2.24, 2.45) is 29.1 Å². The predicted molar refractivity (Wildman–Crippen MR) is 123 cm³/mol. The Labute approximate surface area is 179 Å². The van der Waals surface area contributed by atoms with Crippen molar-refractivity contribution in [3.8, 4) is 0 Å². The first-order chi connectivity index (χ1) is 13.6. The Bertz CT molecular complexity index is 611. The summed E-state index contributed by atoms with van der Waals surface area (Å²) in [5.74, 6) is 2.94. The van der Waals surface area contributed by atoms with E-state index >= 15 is 0 Å². The molecule has 0 heterocycles. The van der Waals surface area contributed by atoms with Gasteiger partial charge in [-0.3, -0.25) is 0 Å². The molecule has 2 heteroatoms. The summed E-state index contributed by atoms with van der Waals surface area (Å²) < 4.78 is 0. The number of hydrogen-bond donors (Lipinski definition) is 2. The summed E-state index contributed by atoms with van der Waals surface area (Å²) >= 11 is 0. The molecule has 29 heavy (non-hydrogen) atoms. The van der Waals surface area contributed by atoms with Crippen molar-refractivity contribution >= 4 is 0 Å². The van der Waals surface area contributed by atoms with E-state index in [2.05, 4.69) is 32.9 Å². The van der Waals surface area contributed by atoms with Crippen LogP contribution in [0.5, 0.6) is 0 Å². The van der Waals surface area contributed by atoms with E-state index in [1.165, 1.54) is 44.1 Å². The van der Waals surface area contributed by atoms with Crippen LogP contribution in [0.4, 0.5) is 0 Å². The van der Waals surface area contributed by atoms with Crippen LogP contribution in [-0.4, -0.2) is 21.9 Å². The fourth-order valence-electron chi connectivity index (χ4n) is 6.92. The Morgan fingerprint density at radius 1 is 1.14 bits per heavy atom. The fourth-order valence-corrected chi connectivity index (χ4v) is 6.92. The lowest BCUT2D eigenvalue weighted by atomic mass is 9.60. The molecule has 0 bridgehead atoms. The highest BCUT2D eigenvalue weighted by Crippen LogP contribution is 2.60. The second kappa shape index (κ2) is 9.27. The van der Waals surface area contributed by atoms with E-state index in [1.807, 2.05) is 13.8 Å². The third kappa shape index (κ3) is 5.56. The van der Waals surface area contributed by atoms with Crippen LogP contribution in [0.1, 0.15) is 105 Å². The minimum absolute atomic E-state index is 0.131. The maximum atomic E-state index is 10.1. The van der Waals surface area contributed by atoms with Gasteiger partial charge in [0.05, 0.1) is 11.7 Å². The third-order valence-corrected chi connectivity index (χ3v) is 8.72. The maximum Gasteiger partial charge on any atom is 0.0591 e. The van der Waals surface area contributed by atoms with Gasteiger partial charge in [-0.25, -0.2) is 0 Å². The Morgan fingerprint density at radius 3 is 2.59 bits per heavy atom. The first kappa shape index (κ1) is 23.1. The van der Waals surface area contributed by atoms with Crippen LogP contribution in [-0.2, 0) is 0 Å². The average Bonchev–Trinajstić information content (AvgIpc) is 2.99. The Morgan fingerprint density at radius 2 is 1.86 bits per heavy atom. The summed E-state index contributed by atoms with van der Waals surface area (Å²) in [5.41, 5.74) is 3.07. The zero-order valence-corrected chi connectivity index (χ0v) is 19.7. The highest BCUT2D eigenvalue weighted by Gasteiger charge is 2.50. The molecule has 2 nitrogen and oxygen atoms in total. The van der Waals surface area contributed by atoms with E-state index in [1.54, 1.807) is 5.57 Å². The molecule has 0 amide bonds. The molecule has 0 aromatic rings. The van der Waals surface area contributed by atoms with Gasteiger partial charge >= 0.3 is 0 Å². The van der Waals surface area contributed by atoms with Crippen LogP contribution in [0.3, 0.4) is 0 Å². The molecule has 1 unspecified atom stereocenters. The van der Waals surface area contributed by atoms with E-state index in [4.69, 9.17) is 0 Å². The van der Waals surface area contributed by atoms with Gasteiger partial charge in [0.1, 0.15) is 0 Å². The highest BCUT2D eigenvalue weighted by molar-refractivity contribution is 5.26. The molecule has 3 saturated carbocycles. The molecule has 6 atom stereocenters. The van der Waals surface area contributed by atoms with E-state index in [0.717, 1.165) is 49.9 Å². The molecule has 3 rings (SSSR count). The monoisotopic (exact) mass is 402 g/mol. The Balaban J connectivity index is 1.68. The summed E-state index contributed by atoms with van der Waals surface area (Å²) in [6.45, 7) is 11.2. The van der Waals surface area contributed by atoms with Crippen LogP contribution in [0.25, 0.3) is 0 Å². The molecule has 0 radical (unpaired) electrons. The van der Waals surface area contributed by atoms with Crippen LogP contribution in [0.2, 0.25) is 0 Å². The van der Waals surface area contributed by atoms with Gasteiger partial charge in [-0.05, 0) is 101 Å². The lowest BCUT2D eigenvalue weighted by molar-refractivity contribution is 0.0596. The zero-order chi connectivity index (χ0) is 21.2. The molecular weight excluding hydrogens is 356 g/mol. The SMILES string of the molecule is CC1CC[C@H](O)C/C1=C/C=C1\CCC[C@]2(C)[C@@H]([C@H](C)CCCC(C)(C)O)CC[C@@H]12. The van der Waals surface area contributed by atoms with Gasteiger partial charge in [0.25, 0.3) is 0 Å². The minimum atomic E-state index is -0.528. The molecule has 3 fully saturated rings. The largest absolute Gasteiger partial charge is 0.393 e. The first-order valence-corrected chi connectivity index (χ1v) is 12.4. The van der Waals surface area contributed by atoms with Gasteiger partial charge in [-0.2, -0.15) is 0 Å². The number of fused-ring (bicyclic) bond motifs is 1. The van der Waals surface area contributed by atoms with Crippen LogP contribution in [0.15, 0.2) is 23.3 Å². The lowest BCUT2D eigenvalue weighted by Gasteiger charge is -2.44. The predicted octanol–water partition coefficient (Wildman–Crippen LogP) is 6.81. The van der Waals surface area contributed by atoms with Crippen molar-refractivity contribution in [3.63, 3.8) is 0 Å².